The number of nitrogens with zero attached hydrogens (tertiary/aromatic N) is 4. The van der Waals surface area contributed by atoms with E-state index in [4.69, 9.17) is 4.74 Å². The molecule has 0 radical (unpaired) electrons. The highest BCUT2D eigenvalue weighted by Gasteiger charge is 2.23. The zero-order chi connectivity index (χ0) is 19.6. The SMILES string of the molecule is COc1ccc(CN(C)S(=O)(=O)c2ccc(F)c(-c3ncn(C)n3)c2)cc1. The first-order valence-electron chi connectivity index (χ1n) is 8.06. The number of aromatic nitrogens is 3. The molecular formula is C18H19FN4O3S. The molecule has 142 valence electrons. The fourth-order valence-corrected chi connectivity index (χ4v) is 3.74. The molecule has 9 heteroatoms. The Morgan fingerprint density at radius 3 is 2.48 bits per heavy atom. The maximum absolute atomic E-state index is 14.2. The van der Waals surface area contributed by atoms with Crippen molar-refractivity contribution in [1.29, 1.82) is 0 Å². The van der Waals surface area contributed by atoms with Crippen LogP contribution in [0, 0.1) is 5.82 Å². The lowest BCUT2D eigenvalue weighted by atomic mass is 10.2. The summed E-state index contributed by atoms with van der Waals surface area (Å²) in [7, 11) is 0.868. The Morgan fingerprint density at radius 2 is 1.89 bits per heavy atom. The summed E-state index contributed by atoms with van der Waals surface area (Å²) in [6.07, 6.45) is 1.42. The standard InChI is InChI=1S/C18H19FN4O3S/c1-22-12-20-18(21-22)16-10-15(8-9-17(16)19)27(24,25)23(2)11-13-4-6-14(26-3)7-5-13/h4-10,12H,11H2,1-3H3. The highest BCUT2D eigenvalue weighted by molar-refractivity contribution is 7.89. The van der Waals surface area contributed by atoms with E-state index in [0.717, 1.165) is 11.6 Å². The maximum Gasteiger partial charge on any atom is 0.243 e. The van der Waals surface area contributed by atoms with E-state index in [2.05, 4.69) is 10.1 Å². The number of benzene rings is 2. The summed E-state index contributed by atoms with van der Waals surface area (Å²) in [5.74, 6) is 0.234. The first kappa shape index (κ1) is 19.0. The fraction of sp³-hybridized carbons (Fsp3) is 0.222. The van der Waals surface area contributed by atoms with Gasteiger partial charge in [-0.15, -0.1) is 0 Å². The molecule has 0 unspecified atom stereocenters. The Labute approximate surface area is 157 Å². The molecule has 0 saturated heterocycles. The Morgan fingerprint density at radius 1 is 1.19 bits per heavy atom. The normalized spacial score (nSPS) is 11.7. The quantitative estimate of drug-likeness (QED) is 0.646. The molecule has 1 aromatic heterocycles. The van der Waals surface area contributed by atoms with E-state index in [1.165, 1.54) is 34.5 Å². The zero-order valence-electron chi connectivity index (χ0n) is 15.1. The molecule has 27 heavy (non-hydrogen) atoms. The van der Waals surface area contributed by atoms with Gasteiger partial charge >= 0.3 is 0 Å². The average molecular weight is 390 g/mol. The minimum absolute atomic E-state index is 0.0256. The number of hydrogen-bond acceptors (Lipinski definition) is 5. The number of methoxy groups -OCH3 is 1. The molecule has 3 rings (SSSR count). The minimum Gasteiger partial charge on any atom is -0.497 e. The Balaban J connectivity index is 1.89. The van der Waals surface area contributed by atoms with Crippen molar-refractivity contribution in [2.45, 2.75) is 11.4 Å². The molecule has 7 nitrogen and oxygen atoms in total. The number of halogens is 1. The highest BCUT2D eigenvalue weighted by Crippen LogP contribution is 2.25. The average Bonchev–Trinajstić information content (AvgIpc) is 3.08. The van der Waals surface area contributed by atoms with Crippen LogP contribution in [-0.2, 0) is 23.6 Å². The van der Waals surface area contributed by atoms with Gasteiger partial charge in [-0.3, -0.25) is 4.68 Å². The lowest BCUT2D eigenvalue weighted by molar-refractivity contribution is 0.414. The van der Waals surface area contributed by atoms with Crippen molar-refractivity contribution in [1.82, 2.24) is 19.1 Å². The number of aryl methyl sites for hydroxylation is 1. The number of sulfonamides is 1. The van der Waals surface area contributed by atoms with Crippen LogP contribution < -0.4 is 4.74 Å². The monoisotopic (exact) mass is 390 g/mol. The molecule has 0 fully saturated rings. The molecule has 3 aromatic rings. The van der Waals surface area contributed by atoms with Crippen LogP contribution in [0.1, 0.15) is 5.56 Å². The second kappa shape index (κ2) is 7.45. The van der Waals surface area contributed by atoms with Crippen molar-refractivity contribution in [3.63, 3.8) is 0 Å². The molecule has 0 aliphatic rings. The summed E-state index contributed by atoms with van der Waals surface area (Å²) >= 11 is 0. The Bertz CT molecular complexity index is 1050. The van der Waals surface area contributed by atoms with Crippen LogP contribution in [0.15, 0.2) is 53.7 Å². The molecule has 0 saturated carbocycles. The molecule has 0 amide bonds. The minimum atomic E-state index is -3.82. The number of hydrogen-bond donors (Lipinski definition) is 0. The number of ether oxygens (including phenoxy) is 1. The summed E-state index contributed by atoms with van der Waals surface area (Å²) in [6.45, 7) is 0.168. The van der Waals surface area contributed by atoms with Crippen LogP contribution in [0.5, 0.6) is 5.75 Å². The fourth-order valence-electron chi connectivity index (χ4n) is 2.55. The molecular weight excluding hydrogens is 371 g/mol. The first-order valence-corrected chi connectivity index (χ1v) is 9.50. The summed E-state index contributed by atoms with van der Waals surface area (Å²) < 4.78 is 47.7. The molecule has 2 aromatic carbocycles. The maximum atomic E-state index is 14.2. The molecule has 0 spiro atoms. The van der Waals surface area contributed by atoms with Crippen LogP contribution in [0.2, 0.25) is 0 Å². The predicted octanol–water partition coefficient (Wildman–Crippen LogP) is 2.45. The van der Waals surface area contributed by atoms with Gasteiger partial charge in [-0.05, 0) is 35.9 Å². The van der Waals surface area contributed by atoms with Gasteiger partial charge in [0.15, 0.2) is 5.82 Å². The van der Waals surface area contributed by atoms with Crippen LogP contribution in [-0.4, -0.2) is 41.6 Å². The lowest BCUT2D eigenvalue weighted by Gasteiger charge is -2.18. The van der Waals surface area contributed by atoms with Gasteiger partial charge < -0.3 is 4.74 Å². The smallest absolute Gasteiger partial charge is 0.243 e. The molecule has 0 bridgehead atoms. The van der Waals surface area contributed by atoms with Crippen molar-refractivity contribution in [3.05, 3.63) is 60.2 Å². The van der Waals surface area contributed by atoms with E-state index in [9.17, 15) is 12.8 Å². The summed E-state index contributed by atoms with van der Waals surface area (Å²) in [5.41, 5.74) is 0.838. The zero-order valence-corrected chi connectivity index (χ0v) is 15.9. The third-order valence-electron chi connectivity index (χ3n) is 4.05. The van der Waals surface area contributed by atoms with E-state index in [-0.39, 0.29) is 22.8 Å². The highest BCUT2D eigenvalue weighted by atomic mass is 32.2. The predicted molar refractivity (Wildman–Crippen MR) is 98.0 cm³/mol. The summed E-state index contributed by atoms with van der Waals surface area (Å²) in [5, 5.41) is 4.04. The lowest BCUT2D eigenvalue weighted by Crippen LogP contribution is -2.26. The van der Waals surface area contributed by atoms with Gasteiger partial charge in [0, 0.05) is 20.6 Å². The van der Waals surface area contributed by atoms with Crippen molar-refractivity contribution in [2.75, 3.05) is 14.2 Å². The van der Waals surface area contributed by atoms with Crippen molar-refractivity contribution < 1.29 is 17.5 Å². The second-order valence-electron chi connectivity index (χ2n) is 5.99. The van der Waals surface area contributed by atoms with Gasteiger partial charge in [0.1, 0.15) is 17.9 Å². The van der Waals surface area contributed by atoms with E-state index >= 15 is 0 Å². The van der Waals surface area contributed by atoms with E-state index < -0.39 is 15.8 Å². The molecule has 1 heterocycles. The Hall–Kier alpha value is -2.78. The van der Waals surface area contributed by atoms with Gasteiger partial charge in [0.25, 0.3) is 0 Å². The second-order valence-corrected chi connectivity index (χ2v) is 8.04. The third-order valence-corrected chi connectivity index (χ3v) is 5.85. The third kappa shape index (κ3) is 3.99. The van der Waals surface area contributed by atoms with Crippen LogP contribution >= 0.6 is 0 Å². The molecule has 0 atom stereocenters. The topological polar surface area (TPSA) is 77.3 Å². The van der Waals surface area contributed by atoms with Gasteiger partial charge in [-0.2, -0.15) is 9.40 Å². The van der Waals surface area contributed by atoms with E-state index in [1.54, 1.807) is 38.4 Å². The number of rotatable bonds is 6. The molecule has 0 aliphatic heterocycles. The van der Waals surface area contributed by atoms with E-state index in [0.29, 0.717) is 5.75 Å². The van der Waals surface area contributed by atoms with Gasteiger partial charge in [0.05, 0.1) is 17.6 Å². The van der Waals surface area contributed by atoms with E-state index in [1.807, 2.05) is 0 Å². The van der Waals surface area contributed by atoms with Crippen molar-refractivity contribution in [2.24, 2.45) is 7.05 Å². The summed E-state index contributed by atoms with van der Waals surface area (Å²) in [6, 6.07) is 10.7. The van der Waals surface area contributed by atoms with Crippen LogP contribution in [0.25, 0.3) is 11.4 Å². The van der Waals surface area contributed by atoms with Crippen LogP contribution in [0.3, 0.4) is 0 Å². The van der Waals surface area contributed by atoms with Gasteiger partial charge in [-0.25, -0.2) is 17.8 Å². The largest absolute Gasteiger partial charge is 0.497 e. The first-order chi connectivity index (χ1) is 12.8. The summed E-state index contributed by atoms with van der Waals surface area (Å²) in [4.78, 5) is 3.96. The molecule has 0 aliphatic carbocycles. The van der Waals surface area contributed by atoms with Gasteiger partial charge in [-0.1, -0.05) is 12.1 Å². The van der Waals surface area contributed by atoms with Crippen molar-refractivity contribution >= 4 is 10.0 Å². The van der Waals surface area contributed by atoms with Crippen LogP contribution in [0.4, 0.5) is 4.39 Å². The molecule has 0 N–H and O–H groups in total. The van der Waals surface area contributed by atoms with Crippen molar-refractivity contribution in [3.8, 4) is 17.1 Å². The van der Waals surface area contributed by atoms with Gasteiger partial charge in [0.2, 0.25) is 10.0 Å². The Kier molecular flexibility index (Phi) is 5.24.